The number of carbonyl (C=O) groups is 4. The number of nitrogens with one attached hydrogen (secondary N) is 3. The summed E-state index contributed by atoms with van der Waals surface area (Å²) < 4.78 is 71.1. The van der Waals surface area contributed by atoms with Gasteiger partial charge in [0, 0.05) is 17.6 Å². The molecule has 37 heavy (non-hydrogen) atoms. The molecule has 4 rings (SSSR count). The van der Waals surface area contributed by atoms with Gasteiger partial charge in [-0.05, 0) is 42.5 Å². The molecule has 0 aliphatic carbocycles. The fourth-order valence-electron chi connectivity index (χ4n) is 3.91. The average molecular weight is 558 g/mol. The van der Waals surface area contributed by atoms with Crippen molar-refractivity contribution in [1.82, 2.24) is 10.0 Å². The van der Waals surface area contributed by atoms with Gasteiger partial charge in [-0.15, -0.1) is 0 Å². The summed E-state index contributed by atoms with van der Waals surface area (Å²) in [5, 5.41) is 4.15. The fraction of sp³-hybridized carbons (Fsp3) is 0.190. The Balaban J connectivity index is 1.81. The number of fused-ring (bicyclic) bond motifs is 1. The Morgan fingerprint density at radius 2 is 1.78 bits per heavy atom. The first kappa shape index (κ1) is 26.2. The number of alkyl halides is 3. The van der Waals surface area contributed by atoms with Crippen LogP contribution in [0, 0.1) is 5.92 Å². The monoisotopic (exact) mass is 557 g/mol. The van der Waals surface area contributed by atoms with Crippen molar-refractivity contribution in [2.75, 3.05) is 10.2 Å². The molecule has 5 amide bonds. The number of imide groups is 1. The van der Waals surface area contributed by atoms with E-state index in [0.29, 0.717) is 4.90 Å². The molecule has 194 valence electrons. The van der Waals surface area contributed by atoms with Crippen LogP contribution in [0.25, 0.3) is 0 Å². The second kappa shape index (κ2) is 8.93. The van der Waals surface area contributed by atoms with Crippen LogP contribution in [-0.4, -0.2) is 49.7 Å². The molecule has 1 fully saturated rings. The minimum Gasteiger partial charge on any atom is -0.326 e. The van der Waals surface area contributed by atoms with Crippen molar-refractivity contribution in [2.24, 2.45) is 10.9 Å². The number of amides is 5. The fourth-order valence-corrected chi connectivity index (χ4v) is 5.45. The van der Waals surface area contributed by atoms with Gasteiger partial charge in [0.2, 0.25) is 27.4 Å². The van der Waals surface area contributed by atoms with Crippen molar-refractivity contribution < 1.29 is 40.8 Å². The molecule has 16 heteroatoms. The molecule has 0 radical (unpaired) electrons. The van der Waals surface area contributed by atoms with Gasteiger partial charge >= 0.3 is 12.2 Å². The van der Waals surface area contributed by atoms with Gasteiger partial charge in [0.05, 0.1) is 10.6 Å². The number of aliphatic imine (C=N–C) groups is 1. The number of urea groups is 1. The Kier molecular flexibility index (Phi) is 6.34. The SMILES string of the molecule is CC(=O)Nc1ccc(S(=O)(=O)NC2(C(F)(F)F)C(=O)N=C3C2C(=O)NC(=O)N3c2cccc(Cl)c2)cc1. The summed E-state index contributed by atoms with van der Waals surface area (Å²) >= 11 is 5.91. The highest BCUT2D eigenvalue weighted by molar-refractivity contribution is 7.89. The highest BCUT2D eigenvalue weighted by atomic mass is 35.5. The number of halogens is 4. The first-order chi connectivity index (χ1) is 17.2. The van der Waals surface area contributed by atoms with Gasteiger partial charge in [0.15, 0.2) is 0 Å². The van der Waals surface area contributed by atoms with Crippen molar-refractivity contribution in [3.63, 3.8) is 0 Å². The van der Waals surface area contributed by atoms with E-state index in [0.717, 1.165) is 24.3 Å². The van der Waals surface area contributed by atoms with Crippen molar-refractivity contribution in [2.45, 2.75) is 23.5 Å². The highest BCUT2D eigenvalue weighted by Crippen LogP contribution is 2.45. The minimum absolute atomic E-state index is 0.0779. The third-order valence-electron chi connectivity index (χ3n) is 5.46. The first-order valence-corrected chi connectivity index (χ1v) is 12.1. The van der Waals surface area contributed by atoms with E-state index in [1.165, 1.54) is 35.9 Å². The molecule has 2 aliphatic rings. The minimum atomic E-state index is -5.68. The molecule has 0 aromatic heterocycles. The smallest absolute Gasteiger partial charge is 0.326 e. The van der Waals surface area contributed by atoms with E-state index in [4.69, 9.17) is 11.6 Å². The Morgan fingerprint density at radius 3 is 2.35 bits per heavy atom. The van der Waals surface area contributed by atoms with Crippen LogP contribution in [0.2, 0.25) is 5.02 Å². The molecule has 0 bridgehead atoms. The summed E-state index contributed by atoms with van der Waals surface area (Å²) in [5.41, 5.74) is -4.04. The number of benzene rings is 2. The molecule has 0 spiro atoms. The average Bonchev–Trinajstić information content (AvgIpc) is 3.06. The lowest BCUT2D eigenvalue weighted by molar-refractivity contribution is -0.199. The van der Waals surface area contributed by atoms with Crippen molar-refractivity contribution in [1.29, 1.82) is 0 Å². The topological polar surface area (TPSA) is 154 Å². The Labute approximate surface area is 211 Å². The predicted octanol–water partition coefficient (Wildman–Crippen LogP) is 2.19. The summed E-state index contributed by atoms with van der Waals surface area (Å²) in [5.74, 6) is -7.63. The van der Waals surface area contributed by atoms with Gasteiger partial charge in [0.1, 0.15) is 11.8 Å². The number of carbonyl (C=O) groups excluding carboxylic acids is 4. The molecule has 2 unspecified atom stereocenters. The van der Waals surface area contributed by atoms with E-state index in [9.17, 15) is 40.8 Å². The summed E-state index contributed by atoms with van der Waals surface area (Å²) in [4.78, 5) is 52.5. The van der Waals surface area contributed by atoms with E-state index in [1.807, 2.05) is 0 Å². The number of hydrogen-bond acceptors (Lipinski definition) is 6. The van der Waals surface area contributed by atoms with Crippen molar-refractivity contribution in [3.8, 4) is 0 Å². The lowest BCUT2D eigenvalue weighted by Crippen LogP contribution is -2.72. The molecule has 2 aromatic rings. The summed E-state index contributed by atoms with van der Waals surface area (Å²) in [6.45, 7) is 1.19. The van der Waals surface area contributed by atoms with Crippen LogP contribution in [0.4, 0.5) is 29.3 Å². The number of rotatable bonds is 5. The van der Waals surface area contributed by atoms with Gasteiger partial charge in [-0.25, -0.2) is 18.1 Å². The van der Waals surface area contributed by atoms with Crippen molar-refractivity contribution >= 4 is 62.6 Å². The second-order valence-corrected chi connectivity index (χ2v) is 10.1. The lowest BCUT2D eigenvalue weighted by atomic mass is 9.82. The summed E-state index contributed by atoms with van der Waals surface area (Å²) in [7, 11) is -5.12. The normalized spacial score (nSPS) is 21.9. The van der Waals surface area contributed by atoms with E-state index in [-0.39, 0.29) is 16.4 Å². The van der Waals surface area contributed by atoms with Gasteiger partial charge in [-0.1, -0.05) is 17.7 Å². The molecule has 2 aromatic carbocycles. The third kappa shape index (κ3) is 4.45. The molecule has 2 heterocycles. The van der Waals surface area contributed by atoms with Gasteiger partial charge in [-0.2, -0.15) is 22.9 Å². The van der Waals surface area contributed by atoms with Crippen molar-refractivity contribution in [3.05, 3.63) is 53.6 Å². The molecule has 2 aliphatic heterocycles. The van der Waals surface area contributed by atoms with Crippen LogP contribution in [0.5, 0.6) is 0 Å². The molecule has 2 atom stereocenters. The zero-order valence-corrected chi connectivity index (χ0v) is 20.0. The van der Waals surface area contributed by atoms with Crippen LogP contribution in [0.3, 0.4) is 0 Å². The largest absolute Gasteiger partial charge is 0.417 e. The summed E-state index contributed by atoms with van der Waals surface area (Å²) in [6.07, 6.45) is -5.68. The number of sulfonamides is 1. The molecular formula is C21H15ClF3N5O6S. The van der Waals surface area contributed by atoms with E-state index in [1.54, 1.807) is 5.32 Å². The maximum atomic E-state index is 14.6. The molecule has 3 N–H and O–H groups in total. The van der Waals surface area contributed by atoms with E-state index >= 15 is 0 Å². The highest BCUT2D eigenvalue weighted by Gasteiger charge is 2.74. The van der Waals surface area contributed by atoms with Crippen LogP contribution in [0.1, 0.15) is 6.92 Å². The lowest BCUT2D eigenvalue weighted by Gasteiger charge is -2.38. The Hall–Kier alpha value is -3.82. The van der Waals surface area contributed by atoms with Crippen LogP contribution < -0.4 is 20.3 Å². The standard InChI is InChI=1S/C21H15ClF3N5O6S/c1-10(31)26-12-5-7-14(8-6-12)37(35,36)29-20(21(23,24)25)15-16(27-18(20)33)30(19(34)28-17(15)32)13-4-2-3-11(22)9-13/h2-9,15,29H,1H3,(H,26,31)(H,28,32,34). The number of nitrogens with zero attached hydrogens (tertiary/aromatic N) is 2. The van der Waals surface area contributed by atoms with E-state index < -0.39 is 62.1 Å². The van der Waals surface area contributed by atoms with Crippen LogP contribution in [0.15, 0.2) is 58.4 Å². The zero-order valence-electron chi connectivity index (χ0n) is 18.5. The molecule has 11 nitrogen and oxygen atoms in total. The number of anilines is 2. The van der Waals surface area contributed by atoms with Gasteiger partial charge in [0.25, 0.3) is 5.91 Å². The molecule has 1 saturated heterocycles. The third-order valence-corrected chi connectivity index (χ3v) is 7.18. The maximum Gasteiger partial charge on any atom is 0.417 e. The number of amidine groups is 1. The van der Waals surface area contributed by atoms with Crippen LogP contribution >= 0.6 is 11.6 Å². The maximum absolute atomic E-state index is 14.6. The quantitative estimate of drug-likeness (QED) is 0.512. The molecular weight excluding hydrogens is 543 g/mol. The first-order valence-electron chi connectivity index (χ1n) is 10.2. The predicted molar refractivity (Wildman–Crippen MR) is 123 cm³/mol. The van der Waals surface area contributed by atoms with Crippen LogP contribution in [-0.2, 0) is 24.4 Å². The van der Waals surface area contributed by atoms with Gasteiger partial charge in [-0.3, -0.25) is 19.7 Å². The van der Waals surface area contributed by atoms with E-state index in [2.05, 4.69) is 10.3 Å². The zero-order chi connectivity index (χ0) is 27.3. The second-order valence-electron chi connectivity index (χ2n) is 7.93. The van der Waals surface area contributed by atoms with Gasteiger partial charge < -0.3 is 5.32 Å². The summed E-state index contributed by atoms with van der Waals surface area (Å²) in [6, 6.07) is 7.99. The Bertz CT molecular complexity index is 1480. The number of hydrogen-bond donors (Lipinski definition) is 3. The Morgan fingerprint density at radius 1 is 1.14 bits per heavy atom. The molecule has 0 saturated carbocycles.